The van der Waals surface area contributed by atoms with E-state index in [9.17, 15) is 14.9 Å². The molecule has 0 saturated carbocycles. The van der Waals surface area contributed by atoms with Gasteiger partial charge in [0.15, 0.2) is 11.5 Å². The van der Waals surface area contributed by atoms with E-state index in [1.807, 2.05) is 0 Å². The Hall–Kier alpha value is -2.60. The maximum Gasteiger partial charge on any atom is 0.345 e. The topological polar surface area (TPSA) is 78.7 Å². The van der Waals surface area contributed by atoms with Gasteiger partial charge in [-0.3, -0.25) is 10.1 Å². The van der Waals surface area contributed by atoms with E-state index in [0.717, 1.165) is 6.07 Å². The van der Waals surface area contributed by atoms with Crippen molar-refractivity contribution in [1.29, 1.82) is 0 Å². The highest BCUT2D eigenvalue weighted by molar-refractivity contribution is 6.33. The van der Waals surface area contributed by atoms with Crippen LogP contribution in [0.2, 0.25) is 5.02 Å². The number of benzene rings is 2. The van der Waals surface area contributed by atoms with Crippen molar-refractivity contribution in [2.45, 2.75) is 0 Å². The number of nitro groups is 1. The summed E-state index contributed by atoms with van der Waals surface area (Å²) in [5, 5.41) is 10.8. The minimum Gasteiger partial charge on any atom is -0.493 e. The molecule has 0 aliphatic rings. The number of halogens is 1. The Morgan fingerprint density at radius 3 is 2.48 bits per heavy atom. The van der Waals surface area contributed by atoms with Crippen molar-refractivity contribution < 1.29 is 19.2 Å². The molecule has 7 heteroatoms. The molecule has 0 heterocycles. The highest BCUT2D eigenvalue weighted by atomic mass is 35.5. The number of carbonyl (C=O) groups excluding carboxylic acids is 1. The molecule has 0 aliphatic carbocycles. The third-order valence-electron chi connectivity index (χ3n) is 2.65. The van der Waals surface area contributed by atoms with Crippen LogP contribution in [0.15, 0.2) is 42.5 Å². The molecule has 108 valence electrons. The van der Waals surface area contributed by atoms with Gasteiger partial charge in [-0.05, 0) is 18.2 Å². The van der Waals surface area contributed by atoms with Crippen LogP contribution in [-0.4, -0.2) is 18.0 Å². The second-order valence-corrected chi connectivity index (χ2v) is 4.37. The molecule has 0 amide bonds. The van der Waals surface area contributed by atoms with Gasteiger partial charge in [-0.15, -0.1) is 0 Å². The summed E-state index contributed by atoms with van der Waals surface area (Å²) >= 11 is 5.88. The van der Waals surface area contributed by atoms with Gasteiger partial charge in [0.25, 0.3) is 5.69 Å². The Balaban J connectivity index is 2.32. The molecule has 2 rings (SSSR count). The lowest BCUT2D eigenvalue weighted by molar-refractivity contribution is -0.384. The van der Waals surface area contributed by atoms with E-state index in [1.165, 1.54) is 19.2 Å². The predicted molar refractivity (Wildman–Crippen MR) is 76.1 cm³/mol. The number of nitrogens with zero attached hydrogens (tertiary/aromatic N) is 1. The molecule has 21 heavy (non-hydrogen) atoms. The molecule has 0 bridgehead atoms. The number of hydrogen-bond acceptors (Lipinski definition) is 5. The monoisotopic (exact) mass is 307 g/mol. The van der Waals surface area contributed by atoms with Crippen LogP contribution in [-0.2, 0) is 0 Å². The van der Waals surface area contributed by atoms with Gasteiger partial charge in [0.1, 0.15) is 0 Å². The zero-order valence-corrected chi connectivity index (χ0v) is 11.7. The van der Waals surface area contributed by atoms with Crippen LogP contribution in [0.3, 0.4) is 0 Å². The maximum atomic E-state index is 12.1. The van der Waals surface area contributed by atoms with E-state index >= 15 is 0 Å². The minimum absolute atomic E-state index is 0.0699. The normalized spacial score (nSPS) is 10.0. The van der Waals surface area contributed by atoms with E-state index in [1.54, 1.807) is 24.3 Å². The highest BCUT2D eigenvalue weighted by Crippen LogP contribution is 2.28. The number of non-ortho nitro benzene ring substituents is 1. The number of rotatable bonds is 4. The number of esters is 1. The van der Waals surface area contributed by atoms with Gasteiger partial charge in [0.05, 0.1) is 22.6 Å². The molecule has 0 aliphatic heterocycles. The molecular formula is C14H10ClNO5. The zero-order valence-electron chi connectivity index (χ0n) is 10.9. The first-order valence-corrected chi connectivity index (χ1v) is 6.20. The van der Waals surface area contributed by atoms with Gasteiger partial charge in [-0.25, -0.2) is 4.79 Å². The molecule has 2 aromatic rings. The van der Waals surface area contributed by atoms with Crippen molar-refractivity contribution in [3.05, 3.63) is 63.2 Å². The minimum atomic E-state index is -0.798. The summed E-state index contributed by atoms with van der Waals surface area (Å²) in [6.45, 7) is 0. The largest absolute Gasteiger partial charge is 0.493 e. The van der Waals surface area contributed by atoms with Gasteiger partial charge in [-0.1, -0.05) is 23.7 Å². The number of nitro benzene ring substituents is 1. The summed E-state index contributed by atoms with van der Waals surface area (Å²) in [6.07, 6.45) is 0. The van der Waals surface area contributed by atoms with Crippen LogP contribution >= 0.6 is 11.6 Å². The molecule has 0 unspecified atom stereocenters. The smallest absolute Gasteiger partial charge is 0.345 e. The molecule has 0 spiro atoms. The lowest BCUT2D eigenvalue weighted by Gasteiger charge is -2.09. The average molecular weight is 308 g/mol. The number of methoxy groups -OCH3 is 1. The highest BCUT2D eigenvalue weighted by Gasteiger charge is 2.18. The van der Waals surface area contributed by atoms with Crippen LogP contribution in [0.4, 0.5) is 5.69 Å². The van der Waals surface area contributed by atoms with E-state index < -0.39 is 10.9 Å². The second-order valence-electron chi connectivity index (χ2n) is 3.96. The first kappa shape index (κ1) is 14.8. The Morgan fingerprint density at radius 2 is 1.86 bits per heavy atom. The van der Waals surface area contributed by atoms with Gasteiger partial charge < -0.3 is 9.47 Å². The molecule has 6 nitrogen and oxygen atoms in total. The van der Waals surface area contributed by atoms with E-state index in [-0.39, 0.29) is 22.0 Å². The molecule has 0 saturated heterocycles. The third kappa shape index (κ3) is 3.29. The summed E-state index contributed by atoms with van der Waals surface area (Å²) in [5.74, 6) is -0.229. The number of para-hydroxylation sites is 2. The summed E-state index contributed by atoms with van der Waals surface area (Å²) < 4.78 is 10.2. The Kier molecular flexibility index (Phi) is 4.39. The Bertz CT molecular complexity index is 702. The Morgan fingerprint density at radius 1 is 1.19 bits per heavy atom. The molecule has 2 aromatic carbocycles. The molecular weight excluding hydrogens is 298 g/mol. The lowest BCUT2D eigenvalue weighted by Crippen LogP contribution is -2.10. The van der Waals surface area contributed by atoms with E-state index in [2.05, 4.69) is 0 Å². The molecule has 0 fully saturated rings. The fraction of sp³-hybridized carbons (Fsp3) is 0.0714. The fourth-order valence-electron chi connectivity index (χ4n) is 1.64. The summed E-state index contributed by atoms with van der Waals surface area (Å²) in [5.41, 5.74) is -0.330. The van der Waals surface area contributed by atoms with E-state index in [4.69, 9.17) is 21.1 Å². The average Bonchev–Trinajstić information content (AvgIpc) is 2.47. The second kappa shape index (κ2) is 6.23. The van der Waals surface area contributed by atoms with Crippen LogP contribution < -0.4 is 9.47 Å². The SMILES string of the molecule is COc1ccccc1OC(=O)c1cc([N+](=O)[O-])ccc1Cl. The van der Waals surface area contributed by atoms with E-state index in [0.29, 0.717) is 5.75 Å². The number of ether oxygens (including phenoxy) is 2. The first-order chi connectivity index (χ1) is 10.0. The molecule has 0 atom stereocenters. The van der Waals surface area contributed by atoms with Gasteiger partial charge in [0.2, 0.25) is 0 Å². The van der Waals surface area contributed by atoms with Crippen molar-refractivity contribution in [1.82, 2.24) is 0 Å². The van der Waals surface area contributed by atoms with Crippen LogP contribution in [0.1, 0.15) is 10.4 Å². The van der Waals surface area contributed by atoms with Gasteiger partial charge in [-0.2, -0.15) is 0 Å². The van der Waals surface area contributed by atoms with Crippen LogP contribution in [0.25, 0.3) is 0 Å². The standard InChI is InChI=1S/C14H10ClNO5/c1-20-12-4-2-3-5-13(12)21-14(17)10-8-9(16(18)19)6-7-11(10)15/h2-8H,1H3. The third-order valence-corrected chi connectivity index (χ3v) is 2.98. The van der Waals surface area contributed by atoms with Crippen molar-refractivity contribution in [2.24, 2.45) is 0 Å². The van der Waals surface area contributed by atoms with Crippen molar-refractivity contribution in [2.75, 3.05) is 7.11 Å². The van der Waals surface area contributed by atoms with Gasteiger partial charge >= 0.3 is 5.97 Å². The predicted octanol–water partition coefficient (Wildman–Crippen LogP) is 3.48. The quantitative estimate of drug-likeness (QED) is 0.374. The maximum absolute atomic E-state index is 12.1. The van der Waals surface area contributed by atoms with Crippen molar-refractivity contribution in [3.8, 4) is 11.5 Å². The molecule has 0 aromatic heterocycles. The van der Waals surface area contributed by atoms with Crippen molar-refractivity contribution >= 4 is 23.3 Å². The first-order valence-electron chi connectivity index (χ1n) is 5.82. The zero-order chi connectivity index (χ0) is 15.4. The van der Waals surface area contributed by atoms with Gasteiger partial charge in [0, 0.05) is 12.1 Å². The summed E-state index contributed by atoms with van der Waals surface area (Å²) in [4.78, 5) is 22.2. The lowest BCUT2D eigenvalue weighted by atomic mass is 10.2. The number of hydrogen-bond donors (Lipinski definition) is 0. The summed E-state index contributed by atoms with van der Waals surface area (Å²) in [6, 6.07) is 10.1. The van der Waals surface area contributed by atoms with Crippen LogP contribution in [0.5, 0.6) is 11.5 Å². The molecule has 0 N–H and O–H groups in total. The van der Waals surface area contributed by atoms with Crippen LogP contribution in [0, 0.1) is 10.1 Å². The molecule has 0 radical (unpaired) electrons. The fourth-order valence-corrected chi connectivity index (χ4v) is 1.84. The summed E-state index contributed by atoms with van der Waals surface area (Å²) in [7, 11) is 1.44. The Labute approximate surface area is 125 Å². The number of carbonyl (C=O) groups is 1. The van der Waals surface area contributed by atoms with Crippen molar-refractivity contribution in [3.63, 3.8) is 0 Å².